The first-order chi connectivity index (χ1) is 13.5. The summed E-state index contributed by atoms with van der Waals surface area (Å²) in [5.41, 5.74) is 7.49. The Bertz CT molecular complexity index is 975. The Kier molecular flexibility index (Phi) is 5.90. The fourth-order valence-corrected chi connectivity index (χ4v) is 2.72. The van der Waals surface area contributed by atoms with Crippen molar-refractivity contribution in [3.8, 4) is 23.1 Å². The van der Waals surface area contributed by atoms with E-state index in [0.717, 1.165) is 5.56 Å². The SMILES string of the molecule is COC(=O)C[C@@H](N)c1ccc(Oc2ncnc3cc(OC)c(OC)cc23)cc1. The Morgan fingerprint density at radius 3 is 2.36 bits per heavy atom. The van der Waals surface area contributed by atoms with Crippen molar-refractivity contribution in [3.63, 3.8) is 0 Å². The predicted octanol–water partition coefficient (Wildman–Crippen LogP) is 3.00. The molecule has 1 aromatic heterocycles. The lowest BCUT2D eigenvalue weighted by atomic mass is 10.0. The maximum Gasteiger partial charge on any atom is 0.307 e. The molecule has 0 spiro atoms. The molecule has 28 heavy (non-hydrogen) atoms. The highest BCUT2D eigenvalue weighted by Crippen LogP contribution is 2.35. The predicted molar refractivity (Wildman–Crippen MR) is 103 cm³/mol. The molecule has 2 aromatic carbocycles. The summed E-state index contributed by atoms with van der Waals surface area (Å²) in [7, 11) is 4.46. The van der Waals surface area contributed by atoms with E-state index in [0.29, 0.717) is 34.0 Å². The number of hydrogen-bond donors (Lipinski definition) is 1. The number of carbonyl (C=O) groups is 1. The van der Waals surface area contributed by atoms with Crippen molar-refractivity contribution in [1.82, 2.24) is 9.97 Å². The molecule has 1 atom stereocenters. The number of fused-ring (bicyclic) bond motifs is 1. The summed E-state index contributed by atoms with van der Waals surface area (Å²) in [6, 6.07) is 10.2. The number of benzene rings is 2. The second-order valence-electron chi connectivity index (χ2n) is 5.96. The fourth-order valence-electron chi connectivity index (χ4n) is 2.72. The van der Waals surface area contributed by atoms with E-state index in [1.807, 2.05) is 0 Å². The molecular weight excluding hydrogens is 362 g/mol. The lowest BCUT2D eigenvalue weighted by Crippen LogP contribution is -2.16. The molecule has 2 N–H and O–H groups in total. The summed E-state index contributed by atoms with van der Waals surface area (Å²) in [6.07, 6.45) is 1.53. The van der Waals surface area contributed by atoms with Crippen LogP contribution in [0.25, 0.3) is 10.9 Å². The molecule has 8 heteroatoms. The molecule has 146 valence electrons. The molecule has 0 saturated carbocycles. The van der Waals surface area contributed by atoms with E-state index in [-0.39, 0.29) is 12.4 Å². The van der Waals surface area contributed by atoms with Gasteiger partial charge in [-0.15, -0.1) is 0 Å². The zero-order chi connectivity index (χ0) is 20.1. The maximum absolute atomic E-state index is 11.4. The minimum Gasteiger partial charge on any atom is -0.493 e. The van der Waals surface area contributed by atoms with Crippen LogP contribution in [0.5, 0.6) is 23.1 Å². The van der Waals surface area contributed by atoms with E-state index < -0.39 is 6.04 Å². The molecule has 8 nitrogen and oxygen atoms in total. The second-order valence-corrected chi connectivity index (χ2v) is 5.96. The average molecular weight is 383 g/mol. The number of rotatable bonds is 7. The summed E-state index contributed by atoms with van der Waals surface area (Å²) in [5.74, 6) is 1.73. The van der Waals surface area contributed by atoms with E-state index >= 15 is 0 Å². The summed E-state index contributed by atoms with van der Waals surface area (Å²) >= 11 is 0. The van der Waals surface area contributed by atoms with Gasteiger partial charge in [0.15, 0.2) is 11.5 Å². The number of methoxy groups -OCH3 is 3. The molecule has 0 aliphatic rings. The molecule has 0 unspecified atom stereocenters. The van der Waals surface area contributed by atoms with Gasteiger partial charge >= 0.3 is 5.97 Å². The minimum atomic E-state index is -0.446. The van der Waals surface area contributed by atoms with Gasteiger partial charge in [-0.3, -0.25) is 4.79 Å². The first-order valence-electron chi connectivity index (χ1n) is 8.52. The van der Waals surface area contributed by atoms with Crippen LogP contribution in [0.2, 0.25) is 0 Å². The third kappa shape index (κ3) is 4.12. The van der Waals surface area contributed by atoms with E-state index in [9.17, 15) is 4.79 Å². The van der Waals surface area contributed by atoms with Gasteiger partial charge in [0.25, 0.3) is 0 Å². The zero-order valence-corrected chi connectivity index (χ0v) is 15.8. The van der Waals surface area contributed by atoms with Gasteiger partial charge in [-0.25, -0.2) is 9.97 Å². The van der Waals surface area contributed by atoms with E-state index in [2.05, 4.69) is 14.7 Å². The largest absolute Gasteiger partial charge is 0.493 e. The van der Waals surface area contributed by atoms with E-state index in [1.54, 1.807) is 50.6 Å². The quantitative estimate of drug-likeness (QED) is 0.621. The minimum absolute atomic E-state index is 0.106. The Morgan fingerprint density at radius 2 is 1.71 bits per heavy atom. The second kappa shape index (κ2) is 8.53. The molecule has 3 rings (SSSR count). The van der Waals surface area contributed by atoms with Crippen LogP contribution in [0.15, 0.2) is 42.7 Å². The number of aromatic nitrogens is 2. The molecule has 3 aromatic rings. The van der Waals surface area contributed by atoms with Crippen LogP contribution in [0.3, 0.4) is 0 Å². The monoisotopic (exact) mass is 383 g/mol. The van der Waals surface area contributed by atoms with Gasteiger partial charge in [0.2, 0.25) is 5.88 Å². The highest BCUT2D eigenvalue weighted by atomic mass is 16.5. The Labute approximate surface area is 162 Å². The number of nitrogens with two attached hydrogens (primary N) is 1. The fraction of sp³-hybridized carbons (Fsp3) is 0.250. The van der Waals surface area contributed by atoms with Crippen molar-refractivity contribution < 1.29 is 23.7 Å². The average Bonchev–Trinajstić information content (AvgIpc) is 2.73. The van der Waals surface area contributed by atoms with Crippen molar-refractivity contribution in [2.24, 2.45) is 5.73 Å². The van der Waals surface area contributed by atoms with Crippen LogP contribution in [0.4, 0.5) is 0 Å². The number of hydrogen-bond acceptors (Lipinski definition) is 8. The van der Waals surface area contributed by atoms with Crippen molar-refractivity contribution in [1.29, 1.82) is 0 Å². The number of carbonyl (C=O) groups excluding carboxylic acids is 1. The van der Waals surface area contributed by atoms with Crippen LogP contribution in [-0.4, -0.2) is 37.3 Å². The Hall–Kier alpha value is -3.39. The molecular formula is C20H21N3O5. The zero-order valence-electron chi connectivity index (χ0n) is 15.8. The van der Waals surface area contributed by atoms with Crippen molar-refractivity contribution in [2.75, 3.05) is 21.3 Å². The van der Waals surface area contributed by atoms with Gasteiger partial charge < -0.3 is 24.7 Å². The van der Waals surface area contributed by atoms with E-state index in [4.69, 9.17) is 19.9 Å². The third-order valence-corrected chi connectivity index (χ3v) is 4.24. The number of esters is 1. The van der Waals surface area contributed by atoms with Crippen molar-refractivity contribution in [2.45, 2.75) is 12.5 Å². The molecule has 0 fully saturated rings. The van der Waals surface area contributed by atoms with Crippen LogP contribution >= 0.6 is 0 Å². The first-order valence-corrected chi connectivity index (χ1v) is 8.52. The Balaban J connectivity index is 1.85. The Morgan fingerprint density at radius 1 is 1.04 bits per heavy atom. The normalized spacial score (nSPS) is 11.7. The molecule has 0 saturated heterocycles. The van der Waals surface area contributed by atoms with Crippen LogP contribution in [0.1, 0.15) is 18.0 Å². The van der Waals surface area contributed by atoms with Gasteiger partial charge in [-0.05, 0) is 23.8 Å². The van der Waals surface area contributed by atoms with Crippen molar-refractivity contribution >= 4 is 16.9 Å². The number of nitrogens with zero attached hydrogens (tertiary/aromatic N) is 2. The van der Waals surface area contributed by atoms with Gasteiger partial charge in [-0.2, -0.15) is 0 Å². The molecule has 1 heterocycles. The lowest BCUT2D eigenvalue weighted by molar-refractivity contribution is -0.141. The van der Waals surface area contributed by atoms with Gasteiger partial charge in [-0.1, -0.05) is 12.1 Å². The van der Waals surface area contributed by atoms with Gasteiger partial charge in [0.1, 0.15) is 12.1 Å². The summed E-state index contributed by atoms with van der Waals surface area (Å²) in [6.45, 7) is 0. The van der Waals surface area contributed by atoms with Gasteiger partial charge in [0.05, 0.1) is 38.7 Å². The van der Waals surface area contributed by atoms with Gasteiger partial charge in [0, 0.05) is 12.1 Å². The van der Waals surface area contributed by atoms with Crippen LogP contribution in [0, 0.1) is 0 Å². The summed E-state index contributed by atoms with van der Waals surface area (Å²) in [4.78, 5) is 19.8. The molecule has 0 aliphatic heterocycles. The smallest absolute Gasteiger partial charge is 0.307 e. The van der Waals surface area contributed by atoms with E-state index in [1.165, 1.54) is 13.4 Å². The molecule has 0 aliphatic carbocycles. The van der Waals surface area contributed by atoms with Crippen molar-refractivity contribution in [3.05, 3.63) is 48.3 Å². The molecule has 0 amide bonds. The summed E-state index contributed by atoms with van der Waals surface area (Å²) in [5, 5.41) is 0.687. The summed E-state index contributed by atoms with van der Waals surface area (Å²) < 4.78 is 21.2. The lowest BCUT2D eigenvalue weighted by Gasteiger charge is -2.13. The maximum atomic E-state index is 11.4. The first kappa shape index (κ1) is 19.4. The highest BCUT2D eigenvalue weighted by molar-refractivity contribution is 5.87. The van der Waals surface area contributed by atoms with Crippen LogP contribution in [-0.2, 0) is 9.53 Å². The number of ether oxygens (including phenoxy) is 4. The highest BCUT2D eigenvalue weighted by Gasteiger charge is 2.14. The molecule has 0 bridgehead atoms. The topological polar surface area (TPSA) is 106 Å². The molecule has 0 radical (unpaired) electrons. The third-order valence-electron chi connectivity index (χ3n) is 4.24. The van der Waals surface area contributed by atoms with Crippen LogP contribution < -0.4 is 19.9 Å². The standard InChI is InChI=1S/C20H21N3O5/c1-25-17-8-14-16(10-18(17)26-2)22-11-23-20(14)28-13-6-4-12(5-7-13)15(21)9-19(24)27-3/h4-8,10-11,15H,9,21H2,1-3H3/t15-/m1/s1.